The van der Waals surface area contributed by atoms with Crippen molar-refractivity contribution >= 4 is 10.1 Å². The summed E-state index contributed by atoms with van der Waals surface area (Å²) in [4.78, 5) is 0. The van der Waals surface area contributed by atoms with Crippen molar-refractivity contribution in [3.63, 3.8) is 0 Å². The average molecular weight is 443 g/mol. The predicted molar refractivity (Wildman–Crippen MR) is 119 cm³/mol. The number of aliphatic hydroxyl groups is 1. The number of hydrogen-bond donors (Lipinski definition) is 1. The van der Waals surface area contributed by atoms with E-state index in [1.165, 1.54) is 64.2 Å². The third-order valence-corrected chi connectivity index (χ3v) is 7.04. The summed E-state index contributed by atoms with van der Waals surface area (Å²) in [5, 5.41) is 9.31. The van der Waals surface area contributed by atoms with Crippen molar-refractivity contribution in [2.24, 2.45) is 0 Å². The van der Waals surface area contributed by atoms with Gasteiger partial charge in [0.1, 0.15) is 0 Å². The molecular weight excluding hydrogens is 395 g/mol. The van der Waals surface area contributed by atoms with Gasteiger partial charge in [0, 0.05) is 5.25 Å². The van der Waals surface area contributed by atoms with Crippen LogP contribution in [0.25, 0.3) is 0 Å². The van der Waals surface area contributed by atoms with Crippen molar-refractivity contribution in [1.82, 2.24) is 0 Å². The van der Waals surface area contributed by atoms with Crippen LogP contribution in [0.3, 0.4) is 0 Å². The SMILES string of the molecule is CCCCCCCCCCC(O)CCC(CCCCCCCCC)S(=O)(=O)[O-].[Na+]. The third-order valence-electron chi connectivity index (χ3n) is 5.75. The van der Waals surface area contributed by atoms with Crippen molar-refractivity contribution in [3.8, 4) is 0 Å². The van der Waals surface area contributed by atoms with Crippen molar-refractivity contribution in [2.75, 3.05) is 0 Å². The van der Waals surface area contributed by atoms with E-state index in [0.29, 0.717) is 19.3 Å². The minimum absolute atomic E-state index is 0. The molecule has 4 nitrogen and oxygen atoms in total. The predicted octanol–water partition coefficient (Wildman–Crippen LogP) is 3.72. The molecule has 0 radical (unpaired) electrons. The number of rotatable bonds is 21. The summed E-state index contributed by atoms with van der Waals surface area (Å²) < 4.78 is 34.6. The van der Waals surface area contributed by atoms with E-state index in [-0.39, 0.29) is 29.6 Å². The maximum atomic E-state index is 11.5. The molecule has 0 aromatic carbocycles. The molecule has 0 aromatic heterocycles. The molecule has 29 heavy (non-hydrogen) atoms. The van der Waals surface area contributed by atoms with Crippen LogP contribution in [0, 0.1) is 0 Å². The van der Waals surface area contributed by atoms with Crippen LogP contribution in [0.5, 0.6) is 0 Å². The summed E-state index contributed by atoms with van der Waals surface area (Å²) in [5.41, 5.74) is 0. The van der Waals surface area contributed by atoms with Crippen molar-refractivity contribution in [3.05, 3.63) is 0 Å². The smallest absolute Gasteiger partial charge is 0.748 e. The molecule has 0 aromatic rings. The van der Waals surface area contributed by atoms with Gasteiger partial charge < -0.3 is 9.66 Å². The molecule has 0 amide bonds. The van der Waals surface area contributed by atoms with Crippen LogP contribution in [0.2, 0.25) is 0 Å². The molecule has 6 heteroatoms. The Kier molecular flexibility index (Phi) is 24.4. The summed E-state index contributed by atoms with van der Waals surface area (Å²) >= 11 is 0. The first-order valence-electron chi connectivity index (χ1n) is 12.0. The second kappa shape index (κ2) is 22.1. The molecule has 0 fully saturated rings. The van der Waals surface area contributed by atoms with Crippen LogP contribution in [0.1, 0.15) is 136 Å². The van der Waals surface area contributed by atoms with E-state index in [1.54, 1.807) is 0 Å². The maximum Gasteiger partial charge on any atom is 1.00 e. The van der Waals surface area contributed by atoms with E-state index in [2.05, 4.69) is 13.8 Å². The molecule has 0 saturated heterocycles. The molecule has 0 rings (SSSR count). The normalized spacial score (nSPS) is 13.8. The van der Waals surface area contributed by atoms with Gasteiger partial charge in [-0.2, -0.15) is 0 Å². The van der Waals surface area contributed by atoms with Crippen LogP contribution < -0.4 is 29.6 Å². The summed E-state index contributed by atoms with van der Waals surface area (Å²) in [6.45, 7) is 4.41. The van der Waals surface area contributed by atoms with Gasteiger partial charge in [-0.3, -0.25) is 0 Å². The zero-order valence-electron chi connectivity index (χ0n) is 19.7. The molecule has 0 saturated carbocycles. The van der Waals surface area contributed by atoms with Gasteiger partial charge in [0.05, 0.1) is 16.2 Å². The zero-order valence-corrected chi connectivity index (χ0v) is 22.5. The number of hydrogen-bond acceptors (Lipinski definition) is 4. The molecule has 0 aliphatic heterocycles. The van der Waals surface area contributed by atoms with Crippen LogP contribution >= 0.6 is 0 Å². The van der Waals surface area contributed by atoms with Gasteiger partial charge in [0.15, 0.2) is 0 Å². The molecular formula is C23H47NaO4S. The Morgan fingerprint density at radius 2 is 1.00 bits per heavy atom. The van der Waals surface area contributed by atoms with E-state index in [0.717, 1.165) is 38.5 Å². The summed E-state index contributed by atoms with van der Waals surface area (Å²) in [7, 11) is -4.26. The van der Waals surface area contributed by atoms with Gasteiger partial charge in [-0.1, -0.05) is 110 Å². The van der Waals surface area contributed by atoms with Crippen molar-refractivity contribution in [2.45, 2.75) is 147 Å². The van der Waals surface area contributed by atoms with E-state index >= 15 is 0 Å². The Labute approximate surface area is 204 Å². The van der Waals surface area contributed by atoms with Crippen LogP contribution in [-0.4, -0.2) is 29.4 Å². The number of aliphatic hydroxyl groups excluding tert-OH is 1. The first-order chi connectivity index (χ1) is 13.4. The summed E-state index contributed by atoms with van der Waals surface area (Å²) in [6, 6.07) is 0. The van der Waals surface area contributed by atoms with Crippen LogP contribution in [0.15, 0.2) is 0 Å². The second-order valence-corrected chi connectivity index (χ2v) is 10.2. The van der Waals surface area contributed by atoms with E-state index < -0.39 is 21.5 Å². The van der Waals surface area contributed by atoms with E-state index in [1.807, 2.05) is 0 Å². The van der Waals surface area contributed by atoms with Crippen molar-refractivity contribution in [1.29, 1.82) is 0 Å². The second-order valence-electron chi connectivity index (χ2n) is 8.52. The van der Waals surface area contributed by atoms with E-state index in [9.17, 15) is 18.1 Å². The van der Waals surface area contributed by atoms with Crippen molar-refractivity contribution < 1.29 is 47.6 Å². The van der Waals surface area contributed by atoms with Gasteiger partial charge >= 0.3 is 29.6 Å². The molecule has 0 heterocycles. The maximum absolute atomic E-state index is 11.5. The average Bonchev–Trinajstić information content (AvgIpc) is 2.64. The topological polar surface area (TPSA) is 77.4 Å². The fourth-order valence-corrected chi connectivity index (χ4v) is 4.68. The fourth-order valence-electron chi connectivity index (χ4n) is 3.80. The Morgan fingerprint density at radius 1 is 0.621 bits per heavy atom. The first kappa shape index (κ1) is 32.1. The molecule has 2 unspecified atom stereocenters. The third kappa shape index (κ3) is 21.9. The molecule has 2 atom stereocenters. The molecule has 0 aliphatic carbocycles. The molecule has 0 aliphatic rings. The molecule has 1 N–H and O–H groups in total. The first-order valence-corrected chi connectivity index (χ1v) is 13.5. The quantitative estimate of drug-likeness (QED) is 0.167. The Balaban J connectivity index is 0. The minimum atomic E-state index is -4.26. The van der Waals surface area contributed by atoms with Crippen LogP contribution in [0.4, 0.5) is 0 Å². The van der Waals surface area contributed by atoms with Gasteiger partial charge in [-0.05, 0) is 25.7 Å². The molecule has 170 valence electrons. The largest absolute Gasteiger partial charge is 1.00 e. The summed E-state index contributed by atoms with van der Waals surface area (Å²) in [5.74, 6) is 0. The molecule has 0 spiro atoms. The molecule has 0 bridgehead atoms. The van der Waals surface area contributed by atoms with Gasteiger partial charge in [-0.15, -0.1) is 0 Å². The van der Waals surface area contributed by atoms with Gasteiger partial charge in [0.25, 0.3) is 0 Å². The standard InChI is InChI=1S/C23H48O4S.Na/c1-3-5-7-9-11-13-14-16-18-22(24)20-21-23(28(25,26)27)19-17-15-12-10-8-6-4-2;/h22-24H,3-21H2,1-2H3,(H,25,26,27);/q;+1/p-1. The van der Waals surface area contributed by atoms with E-state index in [4.69, 9.17) is 0 Å². The Bertz CT molecular complexity index is 429. The Hall–Kier alpha value is 0.870. The zero-order chi connectivity index (χ0) is 21.1. The van der Waals surface area contributed by atoms with Gasteiger partial charge in [-0.25, -0.2) is 8.42 Å². The monoisotopic (exact) mass is 442 g/mol. The number of unbranched alkanes of at least 4 members (excludes halogenated alkanes) is 13. The summed E-state index contributed by atoms with van der Waals surface area (Å²) in [6.07, 6.45) is 19.1. The minimum Gasteiger partial charge on any atom is -0.748 e. The fraction of sp³-hybridized carbons (Fsp3) is 1.00. The van der Waals surface area contributed by atoms with Crippen LogP contribution in [-0.2, 0) is 10.1 Å². The van der Waals surface area contributed by atoms with Gasteiger partial charge in [0.2, 0.25) is 0 Å². The Morgan fingerprint density at radius 3 is 1.41 bits per heavy atom.